The number of carbonyl (C=O) groups is 1. The summed E-state index contributed by atoms with van der Waals surface area (Å²) < 4.78 is 0. The Morgan fingerprint density at radius 2 is 1.48 bits per heavy atom. The van der Waals surface area contributed by atoms with E-state index in [1.54, 1.807) is 4.90 Å². The third kappa shape index (κ3) is 5.58. The van der Waals surface area contributed by atoms with Crippen molar-refractivity contribution in [2.45, 2.75) is 41.0 Å². The first-order valence-corrected chi connectivity index (χ1v) is 7.88. The summed E-state index contributed by atoms with van der Waals surface area (Å²) in [6, 6.07) is 13.8. The molecular weight excluding hydrogens is 258 g/mol. The largest absolute Gasteiger partial charge is 0.342 e. The number of fused-ring (bicyclic) bond motifs is 1. The lowest BCUT2D eigenvalue weighted by molar-refractivity contribution is 0.0804. The van der Waals surface area contributed by atoms with Crippen LogP contribution in [0.5, 0.6) is 0 Å². The number of carbonyl (C=O) groups excluding carboxylic acids is 1. The zero-order chi connectivity index (χ0) is 16.3. The summed E-state index contributed by atoms with van der Waals surface area (Å²) in [6.45, 7) is 10.9. The summed E-state index contributed by atoms with van der Waals surface area (Å²) in [5.41, 5.74) is 0.780. The van der Waals surface area contributed by atoms with Crippen LogP contribution in [0.4, 0.5) is 0 Å². The van der Waals surface area contributed by atoms with Gasteiger partial charge in [0.2, 0.25) is 0 Å². The average Bonchev–Trinajstić information content (AvgIpc) is 2.55. The van der Waals surface area contributed by atoms with Gasteiger partial charge in [-0.05, 0) is 23.8 Å². The highest BCUT2D eigenvalue weighted by atomic mass is 16.2. The lowest BCUT2D eigenvalue weighted by atomic mass is 10.0. The van der Waals surface area contributed by atoms with Crippen molar-refractivity contribution in [2.24, 2.45) is 0 Å². The van der Waals surface area contributed by atoms with Gasteiger partial charge in [-0.2, -0.15) is 0 Å². The number of hydrogen-bond acceptors (Lipinski definition) is 1. The fourth-order valence-electron chi connectivity index (χ4n) is 1.76. The highest BCUT2D eigenvalue weighted by molar-refractivity contribution is 6.06. The molecular formula is C19H29NO. The van der Waals surface area contributed by atoms with Gasteiger partial charge in [0.25, 0.3) is 5.91 Å². The zero-order valence-electron chi connectivity index (χ0n) is 14.3. The van der Waals surface area contributed by atoms with Crippen molar-refractivity contribution >= 4 is 16.7 Å². The molecule has 0 atom stereocenters. The molecule has 0 radical (unpaired) electrons. The number of benzene rings is 2. The molecule has 2 nitrogen and oxygen atoms in total. The van der Waals surface area contributed by atoms with Crippen molar-refractivity contribution < 1.29 is 4.79 Å². The zero-order valence-corrected chi connectivity index (χ0v) is 14.3. The molecule has 0 aliphatic heterocycles. The lowest BCUT2D eigenvalue weighted by Crippen LogP contribution is -2.26. The summed E-state index contributed by atoms with van der Waals surface area (Å²) in [5.74, 6) is 0.0827. The van der Waals surface area contributed by atoms with Crippen LogP contribution in [0.3, 0.4) is 0 Å². The first-order valence-electron chi connectivity index (χ1n) is 7.88. The summed E-state index contributed by atoms with van der Waals surface area (Å²) in [6.07, 6.45) is 1.25. The molecule has 0 saturated carbocycles. The van der Waals surface area contributed by atoms with E-state index in [0.29, 0.717) is 0 Å². The number of amides is 1. The van der Waals surface area contributed by atoms with Crippen LogP contribution in [0.15, 0.2) is 42.5 Å². The quantitative estimate of drug-likeness (QED) is 0.726. The SMILES string of the molecule is CC.CCC.CCN(C)C(=O)c1cccc2ccccc12. The molecule has 0 saturated heterocycles. The van der Waals surface area contributed by atoms with Crippen LogP contribution in [0.2, 0.25) is 0 Å². The van der Waals surface area contributed by atoms with Crippen molar-refractivity contribution in [3.8, 4) is 0 Å². The van der Waals surface area contributed by atoms with E-state index in [4.69, 9.17) is 0 Å². The van der Waals surface area contributed by atoms with Crippen molar-refractivity contribution in [1.29, 1.82) is 0 Å². The molecule has 1 amide bonds. The average molecular weight is 287 g/mol. The Balaban J connectivity index is 0.000000713. The summed E-state index contributed by atoms with van der Waals surface area (Å²) in [7, 11) is 1.82. The standard InChI is InChI=1S/C14H15NO.C3H8.C2H6/c1-3-15(2)14(16)13-10-6-8-11-7-4-5-9-12(11)13;1-3-2;1-2/h4-10H,3H2,1-2H3;3H2,1-2H3;1-2H3. The molecule has 0 spiro atoms. The van der Waals surface area contributed by atoms with Gasteiger partial charge in [-0.15, -0.1) is 0 Å². The van der Waals surface area contributed by atoms with Gasteiger partial charge < -0.3 is 4.90 Å². The summed E-state index contributed by atoms with van der Waals surface area (Å²) >= 11 is 0. The molecule has 0 unspecified atom stereocenters. The first-order chi connectivity index (χ1) is 10.2. The molecule has 0 aromatic heterocycles. The van der Waals surface area contributed by atoms with Gasteiger partial charge in [-0.1, -0.05) is 70.5 Å². The second kappa shape index (κ2) is 10.9. The van der Waals surface area contributed by atoms with E-state index in [2.05, 4.69) is 13.8 Å². The van der Waals surface area contributed by atoms with Crippen molar-refractivity contribution in [2.75, 3.05) is 13.6 Å². The third-order valence-corrected chi connectivity index (χ3v) is 2.84. The van der Waals surface area contributed by atoms with Gasteiger partial charge in [-0.25, -0.2) is 0 Å². The van der Waals surface area contributed by atoms with Crippen molar-refractivity contribution in [3.63, 3.8) is 0 Å². The Morgan fingerprint density at radius 3 is 2.05 bits per heavy atom. The number of hydrogen-bond donors (Lipinski definition) is 0. The van der Waals surface area contributed by atoms with Crippen LogP contribution in [-0.2, 0) is 0 Å². The fourth-order valence-corrected chi connectivity index (χ4v) is 1.76. The fraction of sp³-hybridized carbons (Fsp3) is 0.421. The predicted octanol–water partition coefficient (Wildman–Crippen LogP) is 5.37. The highest BCUT2D eigenvalue weighted by Crippen LogP contribution is 2.19. The van der Waals surface area contributed by atoms with Crippen LogP contribution >= 0.6 is 0 Å². The minimum Gasteiger partial charge on any atom is -0.342 e. The second-order valence-corrected chi connectivity index (χ2v) is 4.55. The molecule has 116 valence electrons. The van der Waals surface area contributed by atoms with Crippen LogP contribution in [0.25, 0.3) is 10.8 Å². The highest BCUT2D eigenvalue weighted by Gasteiger charge is 2.12. The van der Waals surface area contributed by atoms with E-state index in [1.807, 2.05) is 70.3 Å². The molecule has 0 aliphatic carbocycles. The first kappa shape index (κ1) is 19.2. The number of rotatable bonds is 2. The molecule has 2 aromatic rings. The Kier molecular flexibility index (Phi) is 9.95. The Hall–Kier alpha value is -1.83. The predicted molar refractivity (Wildman–Crippen MR) is 93.9 cm³/mol. The molecule has 0 bridgehead atoms. The van der Waals surface area contributed by atoms with E-state index in [1.165, 1.54) is 6.42 Å². The molecule has 0 aliphatic rings. The van der Waals surface area contributed by atoms with Crippen LogP contribution in [0, 0.1) is 0 Å². The van der Waals surface area contributed by atoms with Gasteiger partial charge in [0.1, 0.15) is 0 Å². The Bertz CT molecular complexity index is 529. The maximum Gasteiger partial charge on any atom is 0.254 e. The molecule has 2 aromatic carbocycles. The maximum atomic E-state index is 12.1. The molecule has 0 N–H and O–H groups in total. The van der Waals surface area contributed by atoms with Crippen LogP contribution < -0.4 is 0 Å². The van der Waals surface area contributed by atoms with E-state index < -0.39 is 0 Å². The number of nitrogens with zero attached hydrogens (tertiary/aromatic N) is 1. The van der Waals surface area contributed by atoms with E-state index in [0.717, 1.165) is 22.9 Å². The van der Waals surface area contributed by atoms with Gasteiger partial charge in [-0.3, -0.25) is 4.79 Å². The normalized spacial score (nSPS) is 9.05. The van der Waals surface area contributed by atoms with E-state index in [9.17, 15) is 4.79 Å². The third-order valence-electron chi connectivity index (χ3n) is 2.84. The van der Waals surface area contributed by atoms with Gasteiger partial charge in [0, 0.05) is 19.2 Å². The minimum atomic E-state index is 0.0827. The topological polar surface area (TPSA) is 20.3 Å². The van der Waals surface area contributed by atoms with Crippen molar-refractivity contribution in [3.05, 3.63) is 48.0 Å². The van der Waals surface area contributed by atoms with Gasteiger partial charge in [0.15, 0.2) is 0 Å². The van der Waals surface area contributed by atoms with Gasteiger partial charge >= 0.3 is 0 Å². The minimum absolute atomic E-state index is 0.0827. The molecule has 0 heterocycles. The Labute approximate surface area is 129 Å². The van der Waals surface area contributed by atoms with Crippen molar-refractivity contribution in [1.82, 2.24) is 4.90 Å². The molecule has 2 rings (SSSR count). The van der Waals surface area contributed by atoms with E-state index >= 15 is 0 Å². The Morgan fingerprint density at radius 1 is 0.952 bits per heavy atom. The lowest BCUT2D eigenvalue weighted by Gasteiger charge is -2.15. The monoisotopic (exact) mass is 287 g/mol. The smallest absolute Gasteiger partial charge is 0.254 e. The molecule has 0 fully saturated rings. The summed E-state index contributed by atoms with van der Waals surface area (Å²) in [4.78, 5) is 13.8. The van der Waals surface area contributed by atoms with Crippen LogP contribution in [0.1, 0.15) is 51.4 Å². The van der Waals surface area contributed by atoms with Gasteiger partial charge in [0.05, 0.1) is 0 Å². The molecule has 21 heavy (non-hydrogen) atoms. The van der Waals surface area contributed by atoms with Crippen LogP contribution in [-0.4, -0.2) is 24.4 Å². The second-order valence-electron chi connectivity index (χ2n) is 4.55. The molecule has 2 heteroatoms. The van der Waals surface area contributed by atoms with E-state index in [-0.39, 0.29) is 5.91 Å². The summed E-state index contributed by atoms with van der Waals surface area (Å²) in [5, 5.41) is 2.13. The maximum absolute atomic E-state index is 12.1.